The van der Waals surface area contributed by atoms with E-state index in [2.05, 4.69) is 19.9 Å². The molecule has 8 nitrogen and oxygen atoms in total. The van der Waals surface area contributed by atoms with Crippen molar-refractivity contribution in [1.82, 2.24) is 25.0 Å². The van der Waals surface area contributed by atoms with Gasteiger partial charge in [0.1, 0.15) is 0 Å². The fraction of sp³-hybridized carbons (Fsp3) is 0.519. The van der Waals surface area contributed by atoms with Crippen molar-refractivity contribution >= 4 is 28.9 Å². The van der Waals surface area contributed by atoms with Crippen LogP contribution in [0.2, 0.25) is 0 Å². The van der Waals surface area contributed by atoms with Gasteiger partial charge in [0.05, 0.1) is 22.5 Å². The van der Waals surface area contributed by atoms with Gasteiger partial charge in [-0.2, -0.15) is 5.10 Å². The number of nitrogens with one attached hydrogen (secondary N) is 1. The minimum atomic E-state index is -2.61. The van der Waals surface area contributed by atoms with Crippen LogP contribution in [0, 0.1) is 6.92 Å². The molecule has 2 amide bonds. The number of carbonyl (C=O) groups is 1. The van der Waals surface area contributed by atoms with Crippen LogP contribution >= 0.6 is 11.3 Å². The summed E-state index contributed by atoms with van der Waals surface area (Å²) in [7, 11) is 1.64. The van der Waals surface area contributed by atoms with Gasteiger partial charge in [0, 0.05) is 74.0 Å². The maximum atomic E-state index is 14.4. The molecule has 6 rings (SSSR count). The second-order valence-corrected chi connectivity index (χ2v) is 11.4. The highest BCUT2D eigenvalue weighted by molar-refractivity contribution is 7.15. The highest BCUT2D eigenvalue weighted by Gasteiger charge is 2.34. The van der Waals surface area contributed by atoms with E-state index < -0.39 is 6.43 Å². The van der Waals surface area contributed by atoms with Gasteiger partial charge in [0.25, 0.3) is 6.43 Å². The van der Waals surface area contributed by atoms with Gasteiger partial charge in [0.2, 0.25) is 0 Å². The zero-order valence-electron chi connectivity index (χ0n) is 21.7. The Labute approximate surface area is 224 Å². The van der Waals surface area contributed by atoms with Crippen LogP contribution in [0.15, 0.2) is 18.3 Å². The molecule has 0 atom stereocenters. The average Bonchev–Trinajstić information content (AvgIpc) is 3.55. The lowest BCUT2D eigenvalue weighted by atomic mass is 9.94. The molecule has 0 saturated carbocycles. The van der Waals surface area contributed by atoms with E-state index in [0.29, 0.717) is 44.8 Å². The summed E-state index contributed by atoms with van der Waals surface area (Å²) in [6.45, 7) is 5.03. The number of amides is 2. The lowest BCUT2D eigenvalue weighted by molar-refractivity contribution is 0.0651. The Morgan fingerprint density at radius 2 is 2.03 bits per heavy atom. The molecule has 38 heavy (non-hydrogen) atoms. The molecule has 202 valence electrons. The predicted octanol–water partition coefficient (Wildman–Crippen LogP) is 5.39. The van der Waals surface area contributed by atoms with Crippen molar-refractivity contribution in [2.24, 2.45) is 0 Å². The molecule has 3 aliphatic heterocycles. The molecule has 5 heterocycles. The Morgan fingerprint density at radius 1 is 1.21 bits per heavy atom. The molecule has 0 aliphatic carbocycles. The van der Waals surface area contributed by atoms with Crippen molar-refractivity contribution in [3.05, 3.63) is 45.7 Å². The first-order valence-electron chi connectivity index (χ1n) is 13.2. The van der Waals surface area contributed by atoms with Crippen LogP contribution in [-0.4, -0.2) is 59.0 Å². The lowest BCUT2D eigenvalue weighted by Gasteiger charge is -2.33. The van der Waals surface area contributed by atoms with E-state index in [0.717, 1.165) is 63.9 Å². The van der Waals surface area contributed by atoms with Crippen molar-refractivity contribution in [3.63, 3.8) is 0 Å². The predicted molar refractivity (Wildman–Crippen MR) is 142 cm³/mol. The summed E-state index contributed by atoms with van der Waals surface area (Å²) < 4.78 is 36.5. The number of benzene rings is 1. The number of nitrogens with zero attached hydrogens (tertiary/aromatic N) is 5. The molecular formula is C27H32F2N6O2S. The standard InChI is InChI=1S/C27H32F2N6O2S/c1-16-31-14-24(38-16)19-12-17-4-3-8-34(23(17)13-20(19)25(28)29)26-21-15-33(27(36)30-2)9-5-22(21)35(32-26)18-6-10-37-11-7-18/h12-14,18,25H,3-11,15H2,1-2H3,(H,30,36). The number of fused-ring (bicyclic) bond motifs is 2. The number of halogens is 2. The van der Waals surface area contributed by atoms with Crippen molar-refractivity contribution < 1.29 is 18.3 Å². The largest absolute Gasteiger partial charge is 0.381 e. The number of ether oxygens (including phenoxy) is 1. The van der Waals surface area contributed by atoms with Crippen LogP contribution in [0.3, 0.4) is 0 Å². The molecule has 0 bridgehead atoms. The summed E-state index contributed by atoms with van der Waals surface area (Å²) in [5.74, 6) is 0.780. The summed E-state index contributed by atoms with van der Waals surface area (Å²) in [6, 6.07) is 3.69. The molecule has 0 unspecified atom stereocenters. The van der Waals surface area contributed by atoms with E-state index in [1.54, 1.807) is 24.2 Å². The SMILES string of the molecule is CNC(=O)N1CCc2c(c(N3CCCc4cc(-c5cnc(C)s5)c(C(F)F)cc43)nn2C2CCOCC2)C1. The third kappa shape index (κ3) is 4.45. The molecule has 1 fully saturated rings. The normalized spacial score (nSPS) is 18.0. The Hall–Kier alpha value is -3.05. The Bertz CT molecular complexity index is 1350. The number of hydrogen-bond acceptors (Lipinski definition) is 6. The number of carbonyl (C=O) groups excluding carboxylic acids is 1. The average molecular weight is 543 g/mol. The van der Waals surface area contributed by atoms with Gasteiger partial charge in [-0.05, 0) is 50.3 Å². The fourth-order valence-corrected chi connectivity index (χ4v) is 6.77. The monoisotopic (exact) mass is 542 g/mol. The molecule has 2 aromatic heterocycles. The second kappa shape index (κ2) is 10.3. The van der Waals surface area contributed by atoms with Crippen LogP contribution in [0.1, 0.15) is 59.1 Å². The van der Waals surface area contributed by atoms with E-state index in [9.17, 15) is 13.6 Å². The summed E-state index contributed by atoms with van der Waals surface area (Å²) in [5, 5.41) is 8.74. The molecule has 1 saturated heterocycles. The van der Waals surface area contributed by atoms with Crippen molar-refractivity contribution in [2.75, 3.05) is 38.3 Å². The lowest BCUT2D eigenvalue weighted by Crippen LogP contribution is -2.42. The first kappa shape index (κ1) is 25.2. The van der Waals surface area contributed by atoms with Crippen molar-refractivity contribution in [2.45, 2.75) is 58.0 Å². The van der Waals surface area contributed by atoms with E-state index in [1.165, 1.54) is 11.3 Å². The molecule has 3 aromatic rings. The number of anilines is 2. The number of thiazole rings is 1. The van der Waals surface area contributed by atoms with Gasteiger partial charge < -0.3 is 19.9 Å². The second-order valence-electron chi connectivity index (χ2n) is 10.1. The van der Waals surface area contributed by atoms with E-state index >= 15 is 0 Å². The maximum Gasteiger partial charge on any atom is 0.317 e. The molecule has 0 spiro atoms. The number of aromatic nitrogens is 3. The number of hydrogen-bond donors (Lipinski definition) is 1. The van der Waals surface area contributed by atoms with Crippen LogP contribution in [0.4, 0.5) is 25.1 Å². The Kier molecular flexibility index (Phi) is 6.81. The summed E-state index contributed by atoms with van der Waals surface area (Å²) in [6.07, 6.45) is 3.26. The molecule has 3 aliphatic rings. The Balaban J connectivity index is 1.46. The molecule has 0 radical (unpaired) electrons. The minimum absolute atomic E-state index is 0.0176. The van der Waals surface area contributed by atoms with Crippen LogP contribution < -0.4 is 10.2 Å². The van der Waals surface area contributed by atoms with Crippen molar-refractivity contribution in [1.29, 1.82) is 0 Å². The van der Waals surface area contributed by atoms with Crippen molar-refractivity contribution in [3.8, 4) is 10.4 Å². The first-order chi connectivity index (χ1) is 18.4. The highest BCUT2D eigenvalue weighted by Crippen LogP contribution is 2.44. The highest BCUT2D eigenvalue weighted by atomic mass is 32.1. The molecular weight excluding hydrogens is 510 g/mol. The topological polar surface area (TPSA) is 75.5 Å². The van der Waals surface area contributed by atoms with E-state index in [1.807, 2.05) is 13.0 Å². The summed E-state index contributed by atoms with van der Waals surface area (Å²) in [5.41, 5.74) is 4.56. The summed E-state index contributed by atoms with van der Waals surface area (Å²) >= 11 is 1.44. The first-order valence-corrected chi connectivity index (χ1v) is 14.1. The van der Waals surface area contributed by atoms with Gasteiger partial charge in [-0.25, -0.2) is 18.6 Å². The smallest absolute Gasteiger partial charge is 0.317 e. The number of rotatable bonds is 4. The zero-order valence-corrected chi connectivity index (χ0v) is 22.5. The van der Waals surface area contributed by atoms with Gasteiger partial charge in [-0.15, -0.1) is 11.3 Å². The van der Waals surface area contributed by atoms with Crippen LogP contribution in [0.25, 0.3) is 10.4 Å². The number of urea groups is 1. The number of aryl methyl sites for hydroxylation is 2. The zero-order chi connectivity index (χ0) is 26.4. The Morgan fingerprint density at radius 3 is 2.74 bits per heavy atom. The molecule has 11 heteroatoms. The number of alkyl halides is 2. The van der Waals surface area contributed by atoms with Crippen LogP contribution in [0.5, 0.6) is 0 Å². The van der Waals surface area contributed by atoms with Gasteiger partial charge in [0.15, 0.2) is 5.82 Å². The maximum absolute atomic E-state index is 14.4. The molecule has 1 N–H and O–H groups in total. The summed E-state index contributed by atoms with van der Waals surface area (Å²) in [4.78, 5) is 21.5. The van der Waals surface area contributed by atoms with E-state index in [4.69, 9.17) is 9.84 Å². The van der Waals surface area contributed by atoms with Gasteiger partial charge in [-0.3, -0.25) is 4.68 Å². The van der Waals surface area contributed by atoms with Gasteiger partial charge >= 0.3 is 6.03 Å². The van der Waals surface area contributed by atoms with Gasteiger partial charge in [-0.1, -0.05) is 0 Å². The van der Waals surface area contributed by atoms with Crippen LogP contribution in [-0.2, 0) is 24.1 Å². The minimum Gasteiger partial charge on any atom is -0.381 e. The van der Waals surface area contributed by atoms with E-state index in [-0.39, 0.29) is 17.6 Å². The quantitative estimate of drug-likeness (QED) is 0.479. The molecule has 1 aromatic carbocycles. The third-order valence-corrected chi connectivity index (χ3v) is 8.80. The third-order valence-electron chi connectivity index (χ3n) is 7.85. The fourth-order valence-electron chi connectivity index (χ4n) is 5.96.